The van der Waals surface area contributed by atoms with Crippen molar-refractivity contribution in [2.45, 2.75) is 10.9 Å². The van der Waals surface area contributed by atoms with Gasteiger partial charge in [-0.3, -0.25) is 0 Å². The molecule has 1 atom stereocenters. The van der Waals surface area contributed by atoms with Crippen LogP contribution < -0.4 is 11.1 Å². The number of hydrogen-bond donors (Lipinski definition) is 2. The third kappa shape index (κ3) is 4.84. The molecule has 0 bridgehead atoms. The summed E-state index contributed by atoms with van der Waals surface area (Å²) in [5, 5.41) is 3.09. The smallest absolute Gasteiger partial charge is 0.243 e. The summed E-state index contributed by atoms with van der Waals surface area (Å²) in [4.78, 5) is 4.67. The van der Waals surface area contributed by atoms with Crippen LogP contribution in [0.4, 0.5) is 8.78 Å². The molecule has 3 aromatic carbocycles. The number of rotatable bonds is 4. The molecular weight excluding hydrogens is 550 g/mol. The second kappa shape index (κ2) is 9.61. The van der Waals surface area contributed by atoms with Crippen molar-refractivity contribution in [3.05, 3.63) is 117 Å². The lowest BCUT2D eigenvalue weighted by Crippen LogP contribution is -2.46. The molecule has 0 aliphatic carbocycles. The summed E-state index contributed by atoms with van der Waals surface area (Å²) in [7, 11) is -3.88. The zero-order valence-corrected chi connectivity index (χ0v) is 21.2. The number of benzene rings is 3. The van der Waals surface area contributed by atoms with Crippen molar-refractivity contribution < 1.29 is 17.2 Å². The van der Waals surface area contributed by atoms with Crippen molar-refractivity contribution in [2.24, 2.45) is 10.7 Å². The van der Waals surface area contributed by atoms with Gasteiger partial charge in [-0.15, -0.1) is 0 Å². The topological polar surface area (TPSA) is 87.8 Å². The van der Waals surface area contributed by atoms with E-state index in [0.717, 1.165) is 4.47 Å². The fraction of sp³-hybridized carbons (Fsp3) is 0.115. The van der Waals surface area contributed by atoms with Gasteiger partial charge < -0.3 is 11.1 Å². The number of sulfonamides is 1. The first-order valence-electron chi connectivity index (χ1n) is 11.0. The molecule has 3 aromatic rings. The molecule has 2 aliphatic heterocycles. The van der Waals surface area contributed by atoms with E-state index in [1.54, 1.807) is 54.6 Å². The minimum atomic E-state index is -3.88. The summed E-state index contributed by atoms with van der Waals surface area (Å²) < 4.78 is 56.5. The Morgan fingerprint density at radius 2 is 1.56 bits per heavy atom. The molecule has 36 heavy (non-hydrogen) atoms. The van der Waals surface area contributed by atoms with E-state index in [4.69, 9.17) is 5.73 Å². The van der Waals surface area contributed by atoms with Gasteiger partial charge in [0.1, 0.15) is 17.7 Å². The lowest BCUT2D eigenvalue weighted by Gasteiger charge is -2.37. The van der Waals surface area contributed by atoms with Crippen LogP contribution >= 0.6 is 15.9 Å². The Hall–Kier alpha value is -3.34. The Balaban J connectivity index is 1.64. The normalized spacial score (nSPS) is 19.6. The lowest BCUT2D eigenvalue weighted by atomic mass is 9.90. The Morgan fingerprint density at radius 1 is 0.944 bits per heavy atom. The van der Waals surface area contributed by atoms with Gasteiger partial charge in [0.05, 0.1) is 4.90 Å². The Kier molecular flexibility index (Phi) is 6.50. The van der Waals surface area contributed by atoms with Crippen molar-refractivity contribution in [2.75, 3.05) is 13.1 Å². The van der Waals surface area contributed by atoms with Crippen LogP contribution in [0.25, 0.3) is 6.08 Å². The number of aliphatic imine (C=N–C) groups is 1. The third-order valence-electron chi connectivity index (χ3n) is 6.04. The van der Waals surface area contributed by atoms with Gasteiger partial charge in [-0.05, 0) is 76.9 Å². The van der Waals surface area contributed by atoms with Crippen molar-refractivity contribution in [3.63, 3.8) is 0 Å². The Bertz CT molecular complexity index is 1500. The Labute approximate surface area is 216 Å². The van der Waals surface area contributed by atoms with Gasteiger partial charge in [-0.2, -0.15) is 4.31 Å². The first-order valence-corrected chi connectivity index (χ1v) is 13.2. The number of halogens is 3. The minimum Gasteiger partial charge on any atom is -0.370 e. The maximum atomic E-state index is 13.6. The van der Waals surface area contributed by atoms with E-state index in [1.165, 1.54) is 28.6 Å². The second-order valence-corrected chi connectivity index (χ2v) is 11.3. The number of nitrogens with one attached hydrogen (secondary N) is 1. The highest BCUT2D eigenvalue weighted by Gasteiger charge is 2.37. The van der Waals surface area contributed by atoms with E-state index in [1.807, 2.05) is 0 Å². The van der Waals surface area contributed by atoms with Crippen LogP contribution in [0.2, 0.25) is 0 Å². The first-order chi connectivity index (χ1) is 17.2. The molecule has 0 saturated heterocycles. The van der Waals surface area contributed by atoms with Crippen molar-refractivity contribution in [1.29, 1.82) is 0 Å². The van der Waals surface area contributed by atoms with Gasteiger partial charge in [-0.1, -0.05) is 40.2 Å². The zero-order valence-electron chi connectivity index (χ0n) is 18.8. The summed E-state index contributed by atoms with van der Waals surface area (Å²) in [5.41, 5.74) is 9.47. The van der Waals surface area contributed by atoms with Crippen LogP contribution in [-0.2, 0) is 10.0 Å². The van der Waals surface area contributed by atoms with Gasteiger partial charge in [0.2, 0.25) is 10.0 Å². The monoisotopic (exact) mass is 570 g/mol. The Morgan fingerprint density at radius 3 is 2.19 bits per heavy atom. The molecule has 0 spiro atoms. The zero-order chi connectivity index (χ0) is 25.4. The molecule has 2 aliphatic rings. The molecule has 0 saturated carbocycles. The summed E-state index contributed by atoms with van der Waals surface area (Å²) in [5.74, 6) is -0.597. The molecule has 0 amide bonds. The number of nitrogens with zero attached hydrogens (tertiary/aromatic N) is 2. The predicted molar refractivity (Wildman–Crippen MR) is 138 cm³/mol. The molecule has 1 unspecified atom stereocenters. The number of hydrogen-bond acceptors (Lipinski definition) is 5. The standard InChI is InChI=1S/C26H21BrF2N4O2S/c27-19-5-11-22(12-6-19)36(34,35)33-14-18(13-16-1-7-20(28)8-2-16)25-23(15-33)24(31-26(30)32-25)17-3-9-21(29)10-4-17/h1-13,24H,14-15H2,(H3,30,31,32)/b18-13+. The lowest BCUT2D eigenvalue weighted by molar-refractivity contribution is 0.436. The maximum Gasteiger partial charge on any atom is 0.243 e. The summed E-state index contributed by atoms with van der Waals surface area (Å²) >= 11 is 3.34. The van der Waals surface area contributed by atoms with E-state index in [0.29, 0.717) is 28.0 Å². The third-order valence-corrected chi connectivity index (χ3v) is 8.37. The highest BCUT2D eigenvalue weighted by atomic mass is 79.9. The average Bonchev–Trinajstić information content (AvgIpc) is 2.86. The van der Waals surface area contributed by atoms with Crippen LogP contribution in [0.3, 0.4) is 0 Å². The molecule has 184 valence electrons. The number of guanidine groups is 1. The molecular formula is C26H21BrF2N4O2S. The molecule has 6 nitrogen and oxygen atoms in total. The number of nitrogens with two attached hydrogens (primary N) is 1. The minimum absolute atomic E-state index is 0.0559. The van der Waals surface area contributed by atoms with Gasteiger partial charge in [-0.25, -0.2) is 22.2 Å². The van der Waals surface area contributed by atoms with Crippen LogP contribution in [0.5, 0.6) is 0 Å². The average molecular weight is 571 g/mol. The summed E-state index contributed by atoms with van der Waals surface area (Å²) in [6, 6.07) is 17.6. The fourth-order valence-corrected chi connectivity index (χ4v) is 5.95. The van der Waals surface area contributed by atoms with Crippen LogP contribution in [-0.4, -0.2) is 31.8 Å². The SMILES string of the molecule is NC1=NC(c2ccc(F)cc2)C2=C(N1)/C(=C/c1ccc(F)cc1)CN(S(=O)(=O)c1ccc(Br)cc1)C2. The summed E-state index contributed by atoms with van der Waals surface area (Å²) in [6.07, 6.45) is 1.80. The predicted octanol–water partition coefficient (Wildman–Crippen LogP) is 4.73. The van der Waals surface area contributed by atoms with Gasteiger partial charge >= 0.3 is 0 Å². The van der Waals surface area contributed by atoms with Crippen molar-refractivity contribution >= 4 is 38.0 Å². The van der Waals surface area contributed by atoms with E-state index in [9.17, 15) is 17.2 Å². The molecule has 0 fully saturated rings. The molecule has 0 radical (unpaired) electrons. The van der Waals surface area contributed by atoms with E-state index in [2.05, 4.69) is 26.2 Å². The van der Waals surface area contributed by atoms with Crippen molar-refractivity contribution in [3.8, 4) is 0 Å². The molecule has 2 heterocycles. The summed E-state index contributed by atoms with van der Waals surface area (Å²) in [6.45, 7) is 0.116. The van der Waals surface area contributed by atoms with Crippen LogP contribution in [0, 0.1) is 11.6 Å². The van der Waals surface area contributed by atoms with Crippen LogP contribution in [0.15, 0.2) is 104 Å². The maximum absolute atomic E-state index is 13.6. The van der Waals surface area contributed by atoms with Crippen LogP contribution in [0.1, 0.15) is 17.2 Å². The van der Waals surface area contributed by atoms with E-state index >= 15 is 0 Å². The fourth-order valence-electron chi connectivity index (χ4n) is 4.29. The molecule has 5 rings (SSSR count). The van der Waals surface area contributed by atoms with Gasteiger partial charge in [0.25, 0.3) is 0 Å². The second-order valence-electron chi connectivity index (χ2n) is 8.44. The van der Waals surface area contributed by atoms with Gasteiger partial charge in [0, 0.05) is 23.3 Å². The molecule has 3 N–H and O–H groups in total. The van der Waals surface area contributed by atoms with E-state index in [-0.39, 0.29) is 35.6 Å². The molecule has 10 heteroatoms. The first kappa shape index (κ1) is 24.4. The largest absolute Gasteiger partial charge is 0.370 e. The quantitative estimate of drug-likeness (QED) is 0.474. The van der Waals surface area contributed by atoms with Crippen molar-refractivity contribution in [1.82, 2.24) is 9.62 Å². The van der Waals surface area contributed by atoms with Gasteiger partial charge in [0.15, 0.2) is 5.96 Å². The molecule has 0 aromatic heterocycles. The highest BCUT2D eigenvalue weighted by molar-refractivity contribution is 9.10. The van der Waals surface area contributed by atoms with E-state index < -0.39 is 16.1 Å². The highest BCUT2D eigenvalue weighted by Crippen LogP contribution is 2.38.